The standard InChI is InChI=1S/C18H15ClN2O5S/c1-26-18(23)14-10-21(16-6-4-3-5-12(14)16)17(22)13-8-7-11(9-15(13)19)20-27(2,24)25/h3-10,20H,1-2H3. The molecule has 0 spiro atoms. The van der Waals surface area contributed by atoms with Gasteiger partial charge in [-0.05, 0) is 24.3 Å². The summed E-state index contributed by atoms with van der Waals surface area (Å²) in [6, 6.07) is 11.1. The van der Waals surface area contributed by atoms with E-state index >= 15 is 0 Å². The summed E-state index contributed by atoms with van der Waals surface area (Å²) in [5, 5.41) is 0.648. The zero-order valence-corrected chi connectivity index (χ0v) is 16.0. The van der Waals surface area contributed by atoms with Crippen molar-refractivity contribution in [2.75, 3.05) is 18.1 Å². The second-order valence-electron chi connectivity index (χ2n) is 5.80. The van der Waals surface area contributed by atoms with E-state index in [1.807, 2.05) is 0 Å². The molecule has 3 aromatic rings. The minimum atomic E-state index is -3.47. The molecule has 2 aromatic carbocycles. The fraction of sp³-hybridized carbons (Fsp3) is 0.111. The first kappa shape index (κ1) is 18.9. The Morgan fingerprint density at radius 2 is 1.81 bits per heavy atom. The quantitative estimate of drug-likeness (QED) is 0.671. The van der Waals surface area contributed by atoms with Gasteiger partial charge in [-0.15, -0.1) is 0 Å². The van der Waals surface area contributed by atoms with E-state index < -0.39 is 21.9 Å². The largest absolute Gasteiger partial charge is 0.465 e. The molecule has 0 aliphatic carbocycles. The van der Waals surface area contributed by atoms with Crippen LogP contribution >= 0.6 is 11.6 Å². The molecule has 0 aliphatic heterocycles. The highest BCUT2D eigenvalue weighted by atomic mass is 35.5. The van der Waals surface area contributed by atoms with Gasteiger partial charge in [0, 0.05) is 17.3 Å². The zero-order valence-electron chi connectivity index (χ0n) is 14.4. The Labute approximate surface area is 160 Å². The van der Waals surface area contributed by atoms with Crippen molar-refractivity contribution in [1.82, 2.24) is 4.57 Å². The van der Waals surface area contributed by atoms with Crippen molar-refractivity contribution in [2.24, 2.45) is 0 Å². The van der Waals surface area contributed by atoms with Crippen molar-refractivity contribution in [3.63, 3.8) is 0 Å². The number of carbonyl (C=O) groups is 2. The van der Waals surface area contributed by atoms with Gasteiger partial charge in [0.15, 0.2) is 0 Å². The van der Waals surface area contributed by atoms with Crippen molar-refractivity contribution in [2.45, 2.75) is 0 Å². The van der Waals surface area contributed by atoms with Gasteiger partial charge >= 0.3 is 5.97 Å². The molecule has 3 rings (SSSR count). The molecule has 1 heterocycles. The number of nitrogens with zero attached hydrogens (tertiary/aromatic N) is 1. The molecule has 0 amide bonds. The second kappa shape index (κ2) is 7.05. The maximum absolute atomic E-state index is 13.0. The van der Waals surface area contributed by atoms with Crippen molar-refractivity contribution in [3.8, 4) is 0 Å². The summed E-state index contributed by atoms with van der Waals surface area (Å²) in [7, 11) is -2.20. The molecular weight excluding hydrogens is 392 g/mol. The molecule has 9 heteroatoms. The lowest BCUT2D eigenvalue weighted by molar-refractivity contribution is 0.0603. The van der Waals surface area contributed by atoms with Gasteiger partial charge in [-0.25, -0.2) is 13.2 Å². The molecule has 0 unspecified atom stereocenters. The lowest BCUT2D eigenvalue weighted by Crippen LogP contribution is -2.13. The fourth-order valence-corrected chi connectivity index (χ4v) is 3.53. The number of ether oxygens (including phenoxy) is 1. The average Bonchev–Trinajstić information content (AvgIpc) is 2.99. The van der Waals surface area contributed by atoms with Gasteiger partial charge in [-0.3, -0.25) is 14.1 Å². The number of halogens is 1. The highest BCUT2D eigenvalue weighted by Gasteiger charge is 2.21. The predicted octanol–water partition coefficient (Wildman–Crippen LogP) is 3.14. The van der Waals surface area contributed by atoms with Crippen LogP contribution in [0.2, 0.25) is 5.02 Å². The van der Waals surface area contributed by atoms with Crippen molar-refractivity contribution in [1.29, 1.82) is 0 Å². The van der Waals surface area contributed by atoms with Gasteiger partial charge in [0.1, 0.15) is 0 Å². The summed E-state index contributed by atoms with van der Waals surface area (Å²) in [6.45, 7) is 0. The van der Waals surface area contributed by atoms with Crippen molar-refractivity contribution >= 4 is 50.1 Å². The van der Waals surface area contributed by atoms with Crippen LogP contribution in [0, 0.1) is 0 Å². The van der Waals surface area contributed by atoms with Gasteiger partial charge in [0.05, 0.1) is 35.0 Å². The van der Waals surface area contributed by atoms with E-state index in [9.17, 15) is 18.0 Å². The maximum atomic E-state index is 13.0. The molecule has 1 aromatic heterocycles. The average molecular weight is 407 g/mol. The minimum absolute atomic E-state index is 0.0750. The van der Waals surface area contributed by atoms with Crippen LogP contribution in [-0.4, -0.2) is 38.2 Å². The van der Waals surface area contributed by atoms with Gasteiger partial charge in [0.25, 0.3) is 5.91 Å². The number of hydrogen-bond acceptors (Lipinski definition) is 5. The van der Waals surface area contributed by atoms with Gasteiger partial charge in [-0.1, -0.05) is 29.8 Å². The molecule has 0 saturated heterocycles. The Morgan fingerprint density at radius 1 is 1.11 bits per heavy atom. The number of anilines is 1. The smallest absolute Gasteiger partial charge is 0.340 e. The van der Waals surface area contributed by atoms with Crippen LogP contribution in [0.4, 0.5) is 5.69 Å². The van der Waals surface area contributed by atoms with E-state index in [0.717, 1.165) is 6.26 Å². The zero-order chi connectivity index (χ0) is 19.8. The Kier molecular flexibility index (Phi) is 4.95. The van der Waals surface area contributed by atoms with Crippen molar-refractivity contribution < 1.29 is 22.7 Å². The monoisotopic (exact) mass is 406 g/mol. The van der Waals surface area contributed by atoms with Crippen LogP contribution in [0.25, 0.3) is 10.9 Å². The minimum Gasteiger partial charge on any atom is -0.465 e. The van der Waals surface area contributed by atoms with Crippen LogP contribution in [0.5, 0.6) is 0 Å². The number of rotatable bonds is 4. The number of fused-ring (bicyclic) bond motifs is 1. The molecule has 0 saturated carbocycles. The Bertz CT molecular complexity index is 1170. The molecule has 140 valence electrons. The summed E-state index contributed by atoms with van der Waals surface area (Å²) >= 11 is 6.19. The number of methoxy groups -OCH3 is 1. The third-order valence-electron chi connectivity index (χ3n) is 3.84. The number of para-hydroxylation sites is 1. The molecule has 0 fully saturated rings. The molecule has 0 radical (unpaired) electrons. The van der Waals surface area contributed by atoms with E-state index in [0.29, 0.717) is 10.9 Å². The number of carbonyl (C=O) groups excluding carboxylic acids is 2. The number of nitrogens with one attached hydrogen (secondary N) is 1. The second-order valence-corrected chi connectivity index (χ2v) is 7.95. The van der Waals surface area contributed by atoms with Crippen LogP contribution in [0.1, 0.15) is 20.7 Å². The fourth-order valence-electron chi connectivity index (χ4n) is 2.72. The highest BCUT2D eigenvalue weighted by molar-refractivity contribution is 7.92. The first-order valence-electron chi connectivity index (χ1n) is 7.71. The van der Waals surface area contributed by atoms with Gasteiger partial charge < -0.3 is 4.74 Å². The van der Waals surface area contributed by atoms with E-state index in [4.69, 9.17) is 16.3 Å². The van der Waals surface area contributed by atoms with Gasteiger partial charge in [0.2, 0.25) is 10.0 Å². The van der Waals surface area contributed by atoms with Crippen LogP contribution in [0.15, 0.2) is 48.7 Å². The molecule has 1 N–H and O–H groups in total. The van der Waals surface area contributed by atoms with Crippen LogP contribution in [-0.2, 0) is 14.8 Å². The molecule has 0 aliphatic rings. The normalized spacial score (nSPS) is 11.4. The molecule has 27 heavy (non-hydrogen) atoms. The lowest BCUT2D eigenvalue weighted by atomic mass is 10.1. The molecule has 0 bridgehead atoms. The number of esters is 1. The van der Waals surface area contributed by atoms with Gasteiger partial charge in [-0.2, -0.15) is 0 Å². The highest BCUT2D eigenvalue weighted by Crippen LogP contribution is 2.27. The molecular formula is C18H15ClN2O5S. The summed E-state index contributed by atoms with van der Waals surface area (Å²) in [4.78, 5) is 25.0. The third-order valence-corrected chi connectivity index (χ3v) is 4.76. The summed E-state index contributed by atoms with van der Waals surface area (Å²) in [5.41, 5.74) is 1.18. The number of benzene rings is 2. The first-order valence-corrected chi connectivity index (χ1v) is 9.98. The number of hydrogen-bond donors (Lipinski definition) is 1. The van der Waals surface area contributed by atoms with E-state index in [2.05, 4.69) is 4.72 Å². The summed E-state index contributed by atoms with van der Waals surface area (Å²) in [6.07, 6.45) is 2.41. The van der Waals surface area contributed by atoms with Crippen molar-refractivity contribution in [3.05, 3.63) is 64.8 Å². The Hall–Kier alpha value is -2.84. The van der Waals surface area contributed by atoms with E-state index in [1.54, 1.807) is 24.3 Å². The topological polar surface area (TPSA) is 94.5 Å². The third kappa shape index (κ3) is 3.81. The first-order chi connectivity index (χ1) is 12.7. The summed E-state index contributed by atoms with van der Waals surface area (Å²) < 4.78 is 31.0. The molecule has 0 atom stereocenters. The van der Waals surface area contributed by atoms with E-state index in [1.165, 1.54) is 36.1 Å². The van der Waals surface area contributed by atoms with E-state index in [-0.39, 0.29) is 21.8 Å². The van der Waals surface area contributed by atoms with Crippen LogP contribution in [0.3, 0.4) is 0 Å². The van der Waals surface area contributed by atoms with Crippen LogP contribution < -0.4 is 4.72 Å². The maximum Gasteiger partial charge on any atom is 0.340 e. The summed E-state index contributed by atoms with van der Waals surface area (Å²) in [5.74, 6) is -1.02. The predicted molar refractivity (Wildman–Crippen MR) is 103 cm³/mol. The Balaban J connectivity index is 2.08. The molecule has 7 nitrogen and oxygen atoms in total. The number of sulfonamides is 1. The number of aromatic nitrogens is 1. The lowest BCUT2D eigenvalue weighted by Gasteiger charge is -2.09. The SMILES string of the molecule is COC(=O)c1cn(C(=O)c2ccc(NS(C)(=O)=O)cc2Cl)c2ccccc12. The Morgan fingerprint density at radius 3 is 2.44 bits per heavy atom.